The summed E-state index contributed by atoms with van der Waals surface area (Å²) in [5.41, 5.74) is 6.08. The van der Waals surface area contributed by atoms with Crippen molar-refractivity contribution < 1.29 is 23.0 Å². The Kier molecular flexibility index (Phi) is 5.58. The van der Waals surface area contributed by atoms with Crippen molar-refractivity contribution in [3.05, 3.63) is 75.8 Å². The molecule has 1 atom stereocenters. The van der Waals surface area contributed by atoms with Gasteiger partial charge in [-0.1, -0.05) is 41.9 Å². The van der Waals surface area contributed by atoms with Crippen LogP contribution in [0.25, 0.3) is 11.1 Å². The monoisotopic (exact) mass is 485 g/mol. The van der Waals surface area contributed by atoms with Gasteiger partial charge in [-0.2, -0.15) is 0 Å². The third-order valence-corrected chi connectivity index (χ3v) is 6.59. The number of rotatable bonds is 5. The molecule has 5 rings (SSSR count). The van der Waals surface area contributed by atoms with Gasteiger partial charge in [0.25, 0.3) is 0 Å². The summed E-state index contributed by atoms with van der Waals surface area (Å²) in [5, 5.41) is 5.80. The summed E-state index contributed by atoms with van der Waals surface area (Å²) in [5.74, 6) is -2.35. The summed E-state index contributed by atoms with van der Waals surface area (Å²) in [6.07, 6.45) is 0.260. The van der Waals surface area contributed by atoms with Crippen LogP contribution in [0.4, 0.5) is 14.5 Å². The number of carbonyl (C=O) groups excluding carboxylic acids is 1. The van der Waals surface area contributed by atoms with Gasteiger partial charge >= 0.3 is 0 Å². The molecule has 176 valence electrons. The summed E-state index contributed by atoms with van der Waals surface area (Å²) in [4.78, 5) is 12.4. The van der Waals surface area contributed by atoms with Gasteiger partial charge in [0, 0.05) is 42.3 Å². The molecule has 3 aromatic rings. The fraction of sp³-hybridized carbons (Fsp3) is 0.240. The number of likely N-dealkylation sites (N-methyl/N-ethyl adjacent to an activating group) is 1. The molecule has 0 aromatic heterocycles. The molecule has 0 bridgehead atoms. The fourth-order valence-corrected chi connectivity index (χ4v) is 5.03. The lowest BCUT2D eigenvalue weighted by atomic mass is 9.85. The molecule has 1 amide bonds. The van der Waals surface area contributed by atoms with Crippen LogP contribution in [-0.2, 0) is 12.0 Å². The molecule has 3 aromatic carbocycles. The maximum Gasteiger partial charge on any atom is 0.249 e. The Bertz CT molecular complexity index is 1300. The lowest BCUT2D eigenvalue weighted by molar-refractivity contribution is 0.0940. The molecule has 2 aliphatic heterocycles. The van der Waals surface area contributed by atoms with Crippen molar-refractivity contribution in [1.29, 1.82) is 0 Å². The number of primary amides is 1. The van der Waals surface area contributed by atoms with Gasteiger partial charge in [-0.15, -0.1) is 0 Å². The number of halogens is 3. The van der Waals surface area contributed by atoms with E-state index in [1.807, 2.05) is 30.3 Å². The summed E-state index contributed by atoms with van der Waals surface area (Å²) in [7, 11) is 1.78. The maximum absolute atomic E-state index is 15.9. The van der Waals surface area contributed by atoms with E-state index < -0.39 is 23.1 Å². The Balaban J connectivity index is 1.77. The lowest BCUT2D eigenvalue weighted by Crippen LogP contribution is -2.41. The molecule has 0 saturated carbocycles. The molecule has 6 nitrogen and oxygen atoms in total. The van der Waals surface area contributed by atoms with Crippen molar-refractivity contribution in [2.24, 2.45) is 5.73 Å². The third-order valence-electron chi connectivity index (χ3n) is 6.22. The first-order valence-electron chi connectivity index (χ1n) is 10.8. The lowest BCUT2D eigenvalue weighted by Gasteiger charge is -2.29. The Hall–Kier alpha value is -3.36. The largest absolute Gasteiger partial charge is 0.486 e. The van der Waals surface area contributed by atoms with Crippen LogP contribution in [0.5, 0.6) is 11.5 Å². The predicted octanol–water partition coefficient (Wildman–Crippen LogP) is 4.24. The van der Waals surface area contributed by atoms with E-state index in [0.29, 0.717) is 24.3 Å². The minimum atomic E-state index is -0.889. The standard InChI is InChI=1S/C25H22ClF2N3O3/c1-30-12-25(13-5-3-2-4-6-13)11-15-18(34-25)10-16(27)21(26)19(15)20-14(24(29)32)9-17-23(22(20)28)33-8-7-31-17/h2-6,9-10,30-31H,7-8,11-12H2,1H3,(H2,29,32)/t25-/m1/s1. The van der Waals surface area contributed by atoms with Crippen molar-refractivity contribution in [1.82, 2.24) is 5.32 Å². The van der Waals surface area contributed by atoms with Crippen LogP contribution in [0.3, 0.4) is 0 Å². The topological polar surface area (TPSA) is 85.6 Å². The van der Waals surface area contributed by atoms with E-state index in [-0.39, 0.29) is 46.2 Å². The quantitative estimate of drug-likeness (QED) is 0.503. The molecule has 2 heterocycles. The van der Waals surface area contributed by atoms with Gasteiger partial charge in [0.15, 0.2) is 17.2 Å². The van der Waals surface area contributed by atoms with Gasteiger partial charge in [0.1, 0.15) is 18.2 Å². The average Bonchev–Trinajstić information content (AvgIpc) is 3.20. The number of anilines is 1. The maximum atomic E-state index is 15.9. The van der Waals surface area contributed by atoms with Crippen LogP contribution in [0.2, 0.25) is 5.02 Å². The van der Waals surface area contributed by atoms with Gasteiger partial charge in [-0.3, -0.25) is 4.79 Å². The summed E-state index contributed by atoms with van der Waals surface area (Å²) < 4.78 is 42.8. The molecule has 0 radical (unpaired) electrons. The van der Waals surface area contributed by atoms with Crippen molar-refractivity contribution in [2.75, 3.05) is 32.1 Å². The molecular weight excluding hydrogens is 464 g/mol. The Morgan fingerprint density at radius 3 is 2.71 bits per heavy atom. The molecule has 0 fully saturated rings. The van der Waals surface area contributed by atoms with Crippen LogP contribution in [0, 0.1) is 11.6 Å². The molecule has 0 saturated heterocycles. The second kappa shape index (κ2) is 8.45. The van der Waals surface area contributed by atoms with Crippen molar-refractivity contribution in [2.45, 2.75) is 12.0 Å². The van der Waals surface area contributed by atoms with E-state index in [1.165, 1.54) is 12.1 Å². The summed E-state index contributed by atoms with van der Waals surface area (Å²) >= 11 is 6.44. The smallest absolute Gasteiger partial charge is 0.249 e. The van der Waals surface area contributed by atoms with Gasteiger partial charge in [-0.05, 0) is 18.7 Å². The van der Waals surface area contributed by atoms with E-state index >= 15 is 8.78 Å². The number of hydrogen-bond acceptors (Lipinski definition) is 5. The van der Waals surface area contributed by atoms with E-state index in [1.54, 1.807) is 7.05 Å². The Labute approximate surface area is 200 Å². The fourth-order valence-electron chi connectivity index (χ4n) is 4.77. The van der Waals surface area contributed by atoms with Crippen LogP contribution < -0.4 is 25.8 Å². The highest BCUT2D eigenvalue weighted by Crippen LogP contribution is 2.51. The molecule has 4 N–H and O–H groups in total. The average molecular weight is 486 g/mol. The number of nitrogens with one attached hydrogen (secondary N) is 2. The minimum Gasteiger partial charge on any atom is -0.486 e. The molecule has 0 spiro atoms. The van der Waals surface area contributed by atoms with Crippen LogP contribution in [0.15, 0.2) is 42.5 Å². The minimum absolute atomic E-state index is 0.0360. The van der Waals surface area contributed by atoms with E-state index in [9.17, 15) is 4.79 Å². The zero-order valence-electron chi connectivity index (χ0n) is 18.3. The molecule has 0 unspecified atom stereocenters. The first-order chi connectivity index (χ1) is 16.4. The molecule has 9 heteroatoms. The molecule has 2 aliphatic rings. The Morgan fingerprint density at radius 1 is 1.24 bits per heavy atom. The van der Waals surface area contributed by atoms with E-state index in [4.69, 9.17) is 26.8 Å². The predicted molar refractivity (Wildman–Crippen MR) is 126 cm³/mol. The van der Waals surface area contributed by atoms with Gasteiger partial charge in [-0.25, -0.2) is 8.78 Å². The van der Waals surface area contributed by atoms with Crippen LogP contribution in [0.1, 0.15) is 21.5 Å². The SMILES string of the molecule is CNC[C@@]1(c2ccccc2)Cc2c(cc(F)c(Cl)c2-c2c(C(N)=O)cc3c(c2F)OCCN3)O1. The highest BCUT2D eigenvalue weighted by Gasteiger charge is 2.44. The summed E-state index contributed by atoms with van der Waals surface area (Å²) in [6.45, 7) is 1.07. The van der Waals surface area contributed by atoms with Crippen molar-refractivity contribution >= 4 is 23.2 Å². The van der Waals surface area contributed by atoms with Gasteiger partial charge in [0.05, 0.1) is 16.3 Å². The van der Waals surface area contributed by atoms with Crippen molar-refractivity contribution in [3.63, 3.8) is 0 Å². The van der Waals surface area contributed by atoms with Gasteiger partial charge in [0.2, 0.25) is 5.91 Å². The third kappa shape index (κ3) is 3.45. The molecule has 34 heavy (non-hydrogen) atoms. The number of amides is 1. The number of ether oxygens (including phenoxy) is 2. The van der Waals surface area contributed by atoms with Crippen molar-refractivity contribution in [3.8, 4) is 22.6 Å². The summed E-state index contributed by atoms with van der Waals surface area (Å²) in [6, 6.07) is 12.1. The second-order valence-electron chi connectivity index (χ2n) is 8.32. The van der Waals surface area contributed by atoms with Crippen LogP contribution >= 0.6 is 11.6 Å². The number of hydrogen-bond donors (Lipinski definition) is 3. The Morgan fingerprint density at radius 2 is 2.00 bits per heavy atom. The molecular formula is C25H22ClF2N3O3. The first-order valence-corrected chi connectivity index (χ1v) is 11.2. The number of fused-ring (bicyclic) bond motifs is 2. The normalized spacial score (nSPS) is 18.4. The van der Waals surface area contributed by atoms with E-state index in [2.05, 4.69) is 10.6 Å². The highest BCUT2D eigenvalue weighted by molar-refractivity contribution is 6.34. The van der Waals surface area contributed by atoms with Gasteiger partial charge < -0.3 is 25.8 Å². The van der Waals surface area contributed by atoms with E-state index in [0.717, 1.165) is 5.56 Å². The zero-order valence-corrected chi connectivity index (χ0v) is 19.1. The number of carbonyl (C=O) groups is 1. The zero-order chi connectivity index (χ0) is 24.0. The number of nitrogens with two attached hydrogens (primary N) is 1. The highest BCUT2D eigenvalue weighted by atomic mass is 35.5. The first kappa shape index (κ1) is 22.4. The van der Waals surface area contributed by atoms with Crippen LogP contribution in [-0.4, -0.2) is 32.7 Å². The molecule has 0 aliphatic carbocycles. The number of benzene rings is 3. The second-order valence-corrected chi connectivity index (χ2v) is 8.70.